The van der Waals surface area contributed by atoms with Crippen LogP contribution < -0.4 is 0 Å². The molecule has 0 aromatic heterocycles. The molecule has 1 aliphatic heterocycles. The van der Waals surface area contributed by atoms with Crippen molar-refractivity contribution >= 4 is 46.3 Å². The van der Waals surface area contributed by atoms with Gasteiger partial charge < -0.3 is 5.11 Å². The molecule has 0 spiro atoms. The van der Waals surface area contributed by atoms with E-state index in [1.54, 1.807) is 6.08 Å². The van der Waals surface area contributed by atoms with Crippen LogP contribution >= 0.6 is 24.0 Å². The SMILES string of the molecule is O=C(O)CN1C(=O)SC(=Cc2ccccc2)C1=S. The van der Waals surface area contributed by atoms with E-state index in [1.807, 2.05) is 30.3 Å². The first-order valence-corrected chi connectivity index (χ1v) is 6.32. The third-order valence-electron chi connectivity index (χ3n) is 2.26. The average molecular weight is 279 g/mol. The van der Waals surface area contributed by atoms with Gasteiger partial charge in [-0.15, -0.1) is 0 Å². The largest absolute Gasteiger partial charge is 0.480 e. The van der Waals surface area contributed by atoms with Crippen molar-refractivity contribution < 1.29 is 14.7 Å². The van der Waals surface area contributed by atoms with E-state index in [2.05, 4.69) is 0 Å². The van der Waals surface area contributed by atoms with Crippen molar-refractivity contribution in [2.75, 3.05) is 6.54 Å². The van der Waals surface area contributed by atoms with Crippen LogP contribution in [-0.2, 0) is 4.79 Å². The van der Waals surface area contributed by atoms with Crippen LogP contribution in [0, 0.1) is 0 Å². The van der Waals surface area contributed by atoms with Crippen LogP contribution in [0.25, 0.3) is 6.08 Å². The first-order chi connectivity index (χ1) is 8.58. The Morgan fingerprint density at radius 2 is 2.06 bits per heavy atom. The second-order valence-electron chi connectivity index (χ2n) is 3.57. The zero-order valence-corrected chi connectivity index (χ0v) is 10.8. The van der Waals surface area contributed by atoms with Crippen LogP contribution in [0.4, 0.5) is 4.79 Å². The number of amides is 1. The van der Waals surface area contributed by atoms with Gasteiger partial charge in [0.15, 0.2) is 0 Å². The Morgan fingerprint density at radius 3 is 2.67 bits per heavy atom. The maximum atomic E-state index is 11.6. The Bertz CT molecular complexity index is 540. The van der Waals surface area contributed by atoms with Gasteiger partial charge in [0.05, 0.1) is 4.91 Å². The Kier molecular flexibility index (Phi) is 3.78. The number of carbonyl (C=O) groups is 2. The summed E-state index contributed by atoms with van der Waals surface area (Å²) >= 11 is 6.07. The molecule has 0 unspecified atom stereocenters. The molecule has 1 N–H and O–H groups in total. The summed E-state index contributed by atoms with van der Waals surface area (Å²) in [7, 11) is 0. The summed E-state index contributed by atoms with van der Waals surface area (Å²) in [6.07, 6.45) is 1.78. The van der Waals surface area contributed by atoms with Gasteiger partial charge in [-0.05, 0) is 23.4 Å². The molecular formula is C12H9NO3S2. The van der Waals surface area contributed by atoms with Crippen molar-refractivity contribution in [3.63, 3.8) is 0 Å². The van der Waals surface area contributed by atoms with Crippen LogP contribution in [0.2, 0.25) is 0 Å². The minimum atomic E-state index is -1.08. The van der Waals surface area contributed by atoms with Gasteiger partial charge in [0.25, 0.3) is 5.24 Å². The molecule has 1 heterocycles. The van der Waals surface area contributed by atoms with Gasteiger partial charge in [-0.2, -0.15) is 0 Å². The minimum absolute atomic E-state index is 0.274. The third-order valence-corrected chi connectivity index (χ3v) is 3.76. The van der Waals surface area contributed by atoms with Crippen LogP contribution in [0.1, 0.15) is 5.56 Å². The molecule has 0 radical (unpaired) electrons. The molecule has 0 atom stereocenters. The molecule has 18 heavy (non-hydrogen) atoms. The summed E-state index contributed by atoms with van der Waals surface area (Å²) in [5, 5.41) is 8.36. The maximum Gasteiger partial charge on any atom is 0.323 e. The van der Waals surface area contributed by atoms with E-state index in [0.717, 1.165) is 22.2 Å². The van der Waals surface area contributed by atoms with E-state index in [-0.39, 0.29) is 10.2 Å². The molecule has 1 aromatic carbocycles. The van der Waals surface area contributed by atoms with Gasteiger partial charge in [-0.25, -0.2) is 0 Å². The predicted molar refractivity (Wildman–Crippen MR) is 74.3 cm³/mol. The second-order valence-corrected chi connectivity index (χ2v) is 4.95. The number of hydrogen-bond acceptors (Lipinski definition) is 4. The number of carboxylic acids is 1. The van der Waals surface area contributed by atoms with Crippen LogP contribution in [0.15, 0.2) is 35.2 Å². The molecule has 6 heteroatoms. The standard InChI is InChI=1S/C12H9NO3S2/c14-10(15)7-13-11(17)9(18-12(13)16)6-8-4-2-1-3-5-8/h1-6H,7H2,(H,14,15). The summed E-state index contributed by atoms with van der Waals surface area (Å²) in [5.41, 5.74) is 0.923. The molecule has 0 aliphatic carbocycles. The summed E-state index contributed by atoms with van der Waals surface area (Å²) in [6, 6.07) is 9.43. The Labute approximate surface area is 113 Å². The number of benzene rings is 1. The summed E-state index contributed by atoms with van der Waals surface area (Å²) in [5.74, 6) is -1.08. The van der Waals surface area contributed by atoms with Crippen LogP contribution in [0.5, 0.6) is 0 Å². The van der Waals surface area contributed by atoms with Crippen molar-refractivity contribution in [1.82, 2.24) is 4.90 Å². The molecule has 2 rings (SSSR count). The number of nitrogens with zero attached hydrogens (tertiary/aromatic N) is 1. The van der Waals surface area contributed by atoms with E-state index in [0.29, 0.717) is 4.91 Å². The van der Waals surface area contributed by atoms with Gasteiger partial charge in [-0.3, -0.25) is 14.5 Å². The normalized spacial score (nSPS) is 17.6. The average Bonchev–Trinajstić information content (AvgIpc) is 2.58. The number of rotatable bonds is 3. The zero-order chi connectivity index (χ0) is 13.1. The second kappa shape index (κ2) is 5.32. The number of thioether (sulfide) groups is 1. The van der Waals surface area contributed by atoms with Crippen molar-refractivity contribution in [3.05, 3.63) is 40.8 Å². The van der Waals surface area contributed by atoms with E-state index < -0.39 is 12.5 Å². The van der Waals surface area contributed by atoms with E-state index >= 15 is 0 Å². The number of thiocarbonyl (C=S) groups is 1. The lowest BCUT2D eigenvalue weighted by atomic mass is 10.2. The monoisotopic (exact) mass is 279 g/mol. The summed E-state index contributed by atoms with van der Waals surface area (Å²) in [6.45, 7) is -0.392. The quantitative estimate of drug-likeness (QED) is 0.681. The first-order valence-electron chi connectivity index (χ1n) is 5.10. The molecule has 1 aromatic rings. The molecule has 1 aliphatic rings. The molecule has 4 nitrogen and oxygen atoms in total. The highest BCUT2D eigenvalue weighted by Crippen LogP contribution is 2.32. The molecular weight excluding hydrogens is 270 g/mol. The van der Waals surface area contributed by atoms with Crippen molar-refractivity contribution in [1.29, 1.82) is 0 Å². The van der Waals surface area contributed by atoms with E-state index in [9.17, 15) is 9.59 Å². The predicted octanol–water partition coefficient (Wildman–Crippen LogP) is 2.61. The molecule has 1 saturated heterocycles. The Morgan fingerprint density at radius 1 is 1.39 bits per heavy atom. The lowest BCUT2D eigenvalue weighted by molar-refractivity contribution is -0.136. The highest BCUT2D eigenvalue weighted by Gasteiger charge is 2.32. The highest BCUT2D eigenvalue weighted by molar-refractivity contribution is 8.19. The summed E-state index contributed by atoms with van der Waals surface area (Å²) in [4.78, 5) is 24.2. The Hall–Kier alpha value is -1.66. The van der Waals surface area contributed by atoms with Gasteiger partial charge in [0.1, 0.15) is 11.5 Å². The van der Waals surface area contributed by atoms with E-state index in [1.165, 1.54) is 0 Å². The van der Waals surface area contributed by atoms with Crippen LogP contribution in [0.3, 0.4) is 0 Å². The third kappa shape index (κ3) is 2.77. The summed E-state index contributed by atoms with van der Waals surface area (Å²) < 4.78 is 0. The highest BCUT2D eigenvalue weighted by atomic mass is 32.2. The lowest BCUT2D eigenvalue weighted by Gasteiger charge is -2.10. The first kappa shape index (κ1) is 12.8. The van der Waals surface area contributed by atoms with E-state index in [4.69, 9.17) is 17.3 Å². The van der Waals surface area contributed by atoms with Crippen molar-refractivity contribution in [2.45, 2.75) is 0 Å². The fraction of sp³-hybridized carbons (Fsp3) is 0.0833. The van der Waals surface area contributed by atoms with Gasteiger partial charge in [0.2, 0.25) is 0 Å². The van der Waals surface area contributed by atoms with Crippen LogP contribution in [-0.4, -0.2) is 32.7 Å². The van der Waals surface area contributed by atoms with Crippen molar-refractivity contribution in [3.8, 4) is 0 Å². The van der Waals surface area contributed by atoms with Gasteiger partial charge in [-0.1, -0.05) is 42.5 Å². The molecule has 0 bridgehead atoms. The van der Waals surface area contributed by atoms with Gasteiger partial charge >= 0.3 is 5.97 Å². The topological polar surface area (TPSA) is 57.6 Å². The number of carboxylic acid groups (broad SMARTS) is 1. The zero-order valence-electron chi connectivity index (χ0n) is 9.20. The van der Waals surface area contributed by atoms with Crippen molar-refractivity contribution in [2.24, 2.45) is 0 Å². The Balaban J connectivity index is 2.23. The molecule has 1 amide bonds. The molecule has 1 fully saturated rings. The maximum absolute atomic E-state index is 11.6. The fourth-order valence-corrected chi connectivity index (χ4v) is 2.71. The number of aliphatic carboxylic acids is 1. The lowest BCUT2D eigenvalue weighted by Crippen LogP contribution is -2.32. The molecule has 92 valence electrons. The van der Waals surface area contributed by atoms with Gasteiger partial charge in [0, 0.05) is 0 Å². The fourth-order valence-electron chi connectivity index (χ4n) is 1.47. The smallest absolute Gasteiger partial charge is 0.323 e. The number of hydrogen-bond donors (Lipinski definition) is 1. The minimum Gasteiger partial charge on any atom is -0.480 e. The molecule has 0 saturated carbocycles. The number of carbonyl (C=O) groups excluding carboxylic acids is 1.